The quantitative estimate of drug-likeness (QED) is 0.588. The minimum absolute atomic E-state index is 0.0492. The molecule has 3 N–H and O–H groups in total. The Morgan fingerprint density at radius 3 is 3.00 bits per heavy atom. The van der Waals surface area contributed by atoms with Gasteiger partial charge in [0, 0.05) is 0 Å². The van der Waals surface area contributed by atoms with E-state index in [0.29, 0.717) is 5.03 Å². The first-order chi connectivity index (χ1) is 6.61. The average molecular weight is 210 g/mol. The Labute approximate surface area is 83.8 Å². The molecule has 2 aromatic heterocycles. The van der Waals surface area contributed by atoms with Crippen molar-refractivity contribution in [3.63, 3.8) is 0 Å². The van der Waals surface area contributed by atoms with Crippen LogP contribution in [0.3, 0.4) is 0 Å². The molecule has 0 unspecified atom stereocenters. The van der Waals surface area contributed by atoms with Crippen molar-refractivity contribution in [1.82, 2.24) is 14.6 Å². The Morgan fingerprint density at radius 1 is 1.64 bits per heavy atom. The number of nitrogens with zero attached hydrogens (tertiary/aromatic N) is 3. The maximum absolute atomic E-state index is 10.8. The number of nitrogen functional groups attached to an aromatic ring is 1. The van der Waals surface area contributed by atoms with Crippen LogP contribution in [0.1, 0.15) is 10.4 Å². The summed E-state index contributed by atoms with van der Waals surface area (Å²) in [6.45, 7) is 0. The lowest BCUT2D eigenvalue weighted by atomic mass is 10.3. The third-order valence-corrected chi connectivity index (χ3v) is 2.11. The van der Waals surface area contributed by atoms with Gasteiger partial charge in [0.1, 0.15) is 11.8 Å². The molecule has 0 atom stereocenters. The van der Waals surface area contributed by atoms with E-state index in [1.165, 1.54) is 16.9 Å². The van der Waals surface area contributed by atoms with E-state index in [-0.39, 0.29) is 16.9 Å². The van der Waals surface area contributed by atoms with Crippen LogP contribution in [0, 0.1) is 0 Å². The van der Waals surface area contributed by atoms with Crippen LogP contribution >= 0.6 is 12.6 Å². The normalized spacial score (nSPS) is 10.6. The van der Waals surface area contributed by atoms with Crippen molar-refractivity contribution in [2.45, 2.75) is 5.03 Å². The van der Waals surface area contributed by atoms with Crippen LogP contribution in [0.2, 0.25) is 0 Å². The lowest BCUT2D eigenvalue weighted by Gasteiger charge is -1.98. The number of hydrogen-bond donors (Lipinski definition) is 3. The fourth-order valence-corrected chi connectivity index (χ4v) is 1.50. The van der Waals surface area contributed by atoms with Gasteiger partial charge in [-0.25, -0.2) is 14.3 Å². The van der Waals surface area contributed by atoms with E-state index in [1.807, 2.05) is 0 Å². The van der Waals surface area contributed by atoms with Crippen molar-refractivity contribution >= 4 is 29.9 Å². The summed E-state index contributed by atoms with van der Waals surface area (Å²) < 4.78 is 1.33. The number of aromatic carboxylic acids is 1. The molecule has 2 rings (SSSR count). The highest BCUT2D eigenvalue weighted by Gasteiger charge is 2.16. The summed E-state index contributed by atoms with van der Waals surface area (Å²) >= 11 is 4.07. The number of hydrogen-bond acceptors (Lipinski definition) is 5. The Bertz CT molecular complexity index is 522. The van der Waals surface area contributed by atoms with Crippen LogP contribution in [0.4, 0.5) is 5.82 Å². The SMILES string of the molecule is Nc1ncnn2c(S)cc(C(=O)O)c12. The molecule has 0 aliphatic heterocycles. The van der Waals surface area contributed by atoms with Crippen LogP contribution in [-0.4, -0.2) is 25.7 Å². The zero-order valence-corrected chi connectivity index (χ0v) is 7.77. The van der Waals surface area contributed by atoms with Gasteiger partial charge in [0.05, 0.1) is 10.6 Å². The Balaban J connectivity index is 2.93. The molecule has 0 amide bonds. The number of fused-ring (bicyclic) bond motifs is 1. The molecule has 0 aromatic carbocycles. The minimum Gasteiger partial charge on any atom is -0.478 e. The molecule has 0 saturated carbocycles. The second-order valence-corrected chi connectivity index (χ2v) is 3.09. The van der Waals surface area contributed by atoms with Crippen molar-refractivity contribution in [1.29, 1.82) is 0 Å². The first-order valence-corrected chi connectivity index (χ1v) is 4.10. The Morgan fingerprint density at radius 2 is 2.36 bits per heavy atom. The van der Waals surface area contributed by atoms with Gasteiger partial charge in [-0.05, 0) is 6.07 Å². The van der Waals surface area contributed by atoms with Gasteiger partial charge in [0.15, 0.2) is 5.82 Å². The molecular formula is C7H6N4O2S. The van der Waals surface area contributed by atoms with E-state index in [4.69, 9.17) is 10.8 Å². The number of nitrogens with two attached hydrogens (primary N) is 1. The van der Waals surface area contributed by atoms with Crippen LogP contribution in [0.15, 0.2) is 17.4 Å². The van der Waals surface area contributed by atoms with Crippen molar-refractivity contribution < 1.29 is 9.90 Å². The van der Waals surface area contributed by atoms with Crippen LogP contribution in [-0.2, 0) is 0 Å². The largest absolute Gasteiger partial charge is 0.478 e. The van der Waals surface area contributed by atoms with Gasteiger partial charge >= 0.3 is 5.97 Å². The predicted octanol–water partition coefficient (Wildman–Crippen LogP) is 0.298. The fourth-order valence-electron chi connectivity index (χ4n) is 1.21. The molecule has 0 saturated heterocycles. The van der Waals surface area contributed by atoms with Gasteiger partial charge in [0.2, 0.25) is 0 Å². The van der Waals surface area contributed by atoms with Gasteiger partial charge in [-0.3, -0.25) is 0 Å². The third kappa shape index (κ3) is 1.10. The molecule has 14 heavy (non-hydrogen) atoms. The summed E-state index contributed by atoms with van der Waals surface area (Å²) in [5, 5.41) is 13.1. The standard InChI is InChI=1S/C7H6N4O2S/c8-6-5-3(7(12)13)1-4(14)11(5)10-2-9-6/h1-2,14H,(H,12,13)(H2,8,9,10). The molecule has 2 heterocycles. The van der Waals surface area contributed by atoms with Crippen molar-refractivity contribution in [3.05, 3.63) is 18.0 Å². The number of anilines is 1. The Kier molecular flexibility index (Phi) is 1.81. The molecule has 0 bridgehead atoms. The van der Waals surface area contributed by atoms with Crippen molar-refractivity contribution in [3.8, 4) is 0 Å². The van der Waals surface area contributed by atoms with E-state index >= 15 is 0 Å². The van der Waals surface area contributed by atoms with Crippen molar-refractivity contribution in [2.24, 2.45) is 0 Å². The summed E-state index contributed by atoms with van der Waals surface area (Å²) in [6.07, 6.45) is 1.24. The van der Waals surface area contributed by atoms with Crippen LogP contribution in [0.25, 0.3) is 5.52 Å². The van der Waals surface area contributed by atoms with Gasteiger partial charge in [-0.1, -0.05) is 0 Å². The van der Waals surface area contributed by atoms with Crippen molar-refractivity contribution in [2.75, 3.05) is 5.73 Å². The second kappa shape index (κ2) is 2.88. The lowest BCUT2D eigenvalue weighted by molar-refractivity contribution is 0.0699. The molecule has 0 radical (unpaired) electrons. The molecule has 6 nitrogen and oxygen atoms in total. The van der Waals surface area contributed by atoms with E-state index in [2.05, 4.69) is 22.7 Å². The van der Waals surface area contributed by atoms with Crippen LogP contribution < -0.4 is 5.73 Å². The monoisotopic (exact) mass is 210 g/mol. The highest BCUT2D eigenvalue weighted by Crippen LogP contribution is 2.21. The molecule has 7 heteroatoms. The Hall–Kier alpha value is -1.76. The number of carbonyl (C=O) groups is 1. The fraction of sp³-hybridized carbons (Fsp3) is 0. The number of carboxylic acids is 1. The van der Waals surface area contributed by atoms with Gasteiger partial charge in [0.25, 0.3) is 0 Å². The first kappa shape index (κ1) is 8.82. The van der Waals surface area contributed by atoms with Crippen LogP contribution in [0.5, 0.6) is 0 Å². The maximum atomic E-state index is 10.8. The first-order valence-electron chi connectivity index (χ1n) is 3.65. The van der Waals surface area contributed by atoms with E-state index in [0.717, 1.165) is 0 Å². The number of rotatable bonds is 1. The summed E-state index contributed by atoms with van der Waals surface area (Å²) in [7, 11) is 0. The smallest absolute Gasteiger partial charge is 0.338 e. The second-order valence-electron chi connectivity index (χ2n) is 2.63. The summed E-state index contributed by atoms with van der Waals surface area (Å²) in [5.41, 5.74) is 5.86. The molecule has 0 fully saturated rings. The minimum atomic E-state index is -1.08. The topological polar surface area (TPSA) is 93.5 Å². The lowest BCUT2D eigenvalue weighted by Crippen LogP contribution is -2.02. The number of aromatic nitrogens is 3. The van der Waals surface area contributed by atoms with E-state index < -0.39 is 5.97 Å². The zero-order valence-electron chi connectivity index (χ0n) is 6.88. The number of thiol groups is 1. The molecule has 72 valence electrons. The highest BCUT2D eigenvalue weighted by atomic mass is 32.1. The van der Waals surface area contributed by atoms with E-state index in [9.17, 15) is 4.79 Å². The number of carboxylic acid groups (broad SMARTS) is 1. The molecule has 0 aliphatic carbocycles. The third-order valence-electron chi connectivity index (χ3n) is 1.79. The summed E-state index contributed by atoms with van der Waals surface area (Å²) in [5.74, 6) is -0.956. The summed E-state index contributed by atoms with van der Waals surface area (Å²) in [4.78, 5) is 14.5. The molecule has 0 spiro atoms. The molecule has 0 aliphatic rings. The summed E-state index contributed by atoms with van der Waals surface area (Å²) in [6, 6.07) is 1.38. The molecular weight excluding hydrogens is 204 g/mol. The molecule has 2 aromatic rings. The maximum Gasteiger partial charge on any atom is 0.338 e. The predicted molar refractivity (Wildman–Crippen MR) is 51.6 cm³/mol. The van der Waals surface area contributed by atoms with Gasteiger partial charge in [-0.15, -0.1) is 12.6 Å². The average Bonchev–Trinajstić information content (AvgIpc) is 2.46. The zero-order chi connectivity index (χ0) is 10.3. The van der Waals surface area contributed by atoms with E-state index in [1.54, 1.807) is 0 Å². The highest BCUT2D eigenvalue weighted by molar-refractivity contribution is 7.80. The van der Waals surface area contributed by atoms with Gasteiger partial charge in [-0.2, -0.15) is 5.10 Å². The van der Waals surface area contributed by atoms with Gasteiger partial charge < -0.3 is 10.8 Å².